The van der Waals surface area contributed by atoms with Crippen LogP contribution in [0.15, 0.2) is 24.3 Å². The molecule has 1 aromatic carbocycles. The number of nitrogens with zero attached hydrogens (tertiary/aromatic N) is 3. The molecule has 0 aliphatic rings. The van der Waals surface area contributed by atoms with Gasteiger partial charge in [-0.05, 0) is 24.6 Å². The number of hydrogen-bond acceptors (Lipinski definition) is 4. The molecule has 0 unspecified atom stereocenters. The second-order valence-corrected chi connectivity index (χ2v) is 6.24. The molecule has 0 saturated heterocycles. The van der Waals surface area contributed by atoms with E-state index in [0.29, 0.717) is 25.2 Å². The molecule has 7 heteroatoms. The Bertz CT molecular complexity index is 726. The Morgan fingerprint density at radius 1 is 1.32 bits per heavy atom. The minimum Gasteiger partial charge on any atom is -0.363 e. The number of rotatable bonds is 8. The zero-order chi connectivity index (χ0) is 18.4. The number of carbonyl (C=O) groups excluding carboxylic acids is 1. The highest BCUT2D eigenvalue weighted by Gasteiger charge is 2.14. The van der Waals surface area contributed by atoms with Crippen molar-refractivity contribution in [2.24, 2.45) is 7.05 Å². The van der Waals surface area contributed by atoms with E-state index in [2.05, 4.69) is 15.7 Å². The number of anilines is 1. The normalized spacial score (nSPS) is 10.8. The van der Waals surface area contributed by atoms with Crippen molar-refractivity contribution >= 4 is 11.7 Å². The van der Waals surface area contributed by atoms with E-state index in [9.17, 15) is 9.18 Å². The number of aryl methyl sites for hydroxylation is 2. The van der Waals surface area contributed by atoms with E-state index < -0.39 is 0 Å². The van der Waals surface area contributed by atoms with E-state index >= 15 is 0 Å². The van der Waals surface area contributed by atoms with Gasteiger partial charge < -0.3 is 15.5 Å². The van der Waals surface area contributed by atoms with Crippen LogP contribution < -0.4 is 15.5 Å². The minimum absolute atomic E-state index is 0.112. The first-order valence-corrected chi connectivity index (χ1v) is 8.30. The summed E-state index contributed by atoms with van der Waals surface area (Å²) in [6.07, 6.45) is 0.185. The molecular formula is C18H26FN5O. The zero-order valence-electron chi connectivity index (χ0n) is 15.3. The Morgan fingerprint density at radius 3 is 2.76 bits per heavy atom. The highest BCUT2D eigenvalue weighted by Crippen LogP contribution is 2.20. The standard InChI is InChI=1S/C18H26FN5O/c1-13-16(18(23(2)3)24(4)22-13)12-20-8-9-21-17(25)11-14-6-5-7-15(19)10-14/h5-7,10,20H,8-9,11-12H2,1-4H3,(H,21,25). The summed E-state index contributed by atoms with van der Waals surface area (Å²) >= 11 is 0. The smallest absolute Gasteiger partial charge is 0.224 e. The topological polar surface area (TPSA) is 62.2 Å². The second-order valence-electron chi connectivity index (χ2n) is 6.24. The first-order chi connectivity index (χ1) is 11.9. The summed E-state index contributed by atoms with van der Waals surface area (Å²) in [4.78, 5) is 13.9. The molecule has 2 aromatic rings. The van der Waals surface area contributed by atoms with Crippen molar-refractivity contribution in [3.05, 3.63) is 46.9 Å². The number of hydrogen-bond donors (Lipinski definition) is 2. The lowest BCUT2D eigenvalue weighted by molar-refractivity contribution is -0.120. The Morgan fingerprint density at radius 2 is 2.08 bits per heavy atom. The Hall–Kier alpha value is -2.41. The Balaban J connectivity index is 1.74. The summed E-state index contributed by atoms with van der Waals surface area (Å²) in [5.74, 6) is 0.634. The molecule has 136 valence electrons. The number of aromatic nitrogens is 2. The Kier molecular flexibility index (Phi) is 6.52. The van der Waals surface area contributed by atoms with Gasteiger partial charge in [-0.1, -0.05) is 12.1 Å². The van der Waals surface area contributed by atoms with E-state index in [1.807, 2.05) is 37.6 Å². The number of amides is 1. The number of benzene rings is 1. The van der Waals surface area contributed by atoms with Crippen LogP contribution in [-0.4, -0.2) is 42.9 Å². The van der Waals surface area contributed by atoms with Gasteiger partial charge in [0, 0.05) is 46.3 Å². The molecule has 2 N–H and O–H groups in total. The van der Waals surface area contributed by atoms with Crippen LogP contribution in [0.25, 0.3) is 0 Å². The predicted octanol–water partition coefficient (Wildman–Crippen LogP) is 1.38. The first kappa shape index (κ1) is 18.9. The van der Waals surface area contributed by atoms with E-state index in [-0.39, 0.29) is 18.1 Å². The number of nitrogens with one attached hydrogen (secondary N) is 2. The fraction of sp³-hybridized carbons (Fsp3) is 0.444. The van der Waals surface area contributed by atoms with Crippen LogP contribution in [0.3, 0.4) is 0 Å². The van der Waals surface area contributed by atoms with Crippen LogP contribution >= 0.6 is 0 Å². The summed E-state index contributed by atoms with van der Waals surface area (Å²) < 4.78 is 15.0. The summed E-state index contributed by atoms with van der Waals surface area (Å²) in [5.41, 5.74) is 2.82. The van der Waals surface area contributed by atoms with Gasteiger partial charge in [0.25, 0.3) is 0 Å². The van der Waals surface area contributed by atoms with E-state index in [0.717, 1.165) is 17.1 Å². The maximum Gasteiger partial charge on any atom is 0.224 e. The maximum absolute atomic E-state index is 13.1. The molecule has 25 heavy (non-hydrogen) atoms. The highest BCUT2D eigenvalue weighted by atomic mass is 19.1. The van der Waals surface area contributed by atoms with Crippen molar-refractivity contribution in [3.63, 3.8) is 0 Å². The van der Waals surface area contributed by atoms with E-state index in [1.165, 1.54) is 12.1 Å². The molecule has 6 nitrogen and oxygen atoms in total. The molecule has 0 aliphatic heterocycles. The zero-order valence-corrected chi connectivity index (χ0v) is 15.3. The van der Waals surface area contributed by atoms with E-state index in [4.69, 9.17) is 0 Å². The van der Waals surface area contributed by atoms with Gasteiger partial charge in [-0.25, -0.2) is 4.39 Å². The van der Waals surface area contributed by atoms with Crippen molar-refractivity contribution in [3.8, 4) is 0 Å². The van der Waals surface area contributed by atoms with Crippen LogP contribution in [0.4, 0.5) is 10.2 Å². The van der Waals surface area contributed by atoms with Gasteiger partial charge in [0.2, 0.25) is 5.91 Å². The molecule has 2 rings (SSSR count). The average Bonchev–Trinajstić information content (AvgIpc) is 2.81. The summed E-state index contributed by atoms with van der Waals surface area (Å²) in [6.45, 7) is 3.85. The molecule has 1 heterocycles. The van der Waals surface area contributed by atoms with Gasteiger partial charge >= 0.3 is 0 Å². The van der Waals surface area contributed by atoms with Crippen molar-refractivity contribution in [2.45, 2.75) is 19.9 Å². The minimum atomic E-state index is -0.324. The third kappa shape index (κ3) is 5.29. The van der Waals surface area contributed by atoms with Gasteiger partial charge in [-0.15, -0.1) is 0 Å². The molecule has 0 aliphatic carbocycles. The summed E-state index contributed by atoms with van der Waals surface area (Å²) in [7, 11) is 5.91. The van der Waals surface area contributed by atoms with Crippen LogP contribution in [-0.2, 0) is 24.8 Å². The van der Waals surface area contributed by atoms with Gasteiger partial charge in [0.05, 0.1) is 12.1 Å². The maximum atomic E-state index is 13.1. The molecule has 0 spiro atoms. The molecule has 0 atom stereocenters. The molecule has 0 saturated carbocycles. The first-order valence-electron chi connectivity index (χ1n) is 8.30. The van der Waals surface area contributed by atoms with Gasteiger partial charge in [-0.3, -0.25) is 9.48 Å². The lowest BCUT2D eigenvalue weighted by atomic mass is 10.1. The molecule has 0 radical (unpaired) electrons. The van der Waals surface area contributed by atoms with Crippen molar-refractivity contribution in [2.75, 3.05) is 32.1 Å². The van der Waals surface area contributed by atoms with Gasteiger partial charge in [-0.2, -0.15) is 5.10 Å². The Labute approximate surface area is 148 Å². The largest absolute Gasteiger partial charge is 0.363 e. The lowest BCUT2D eigenvalue weighted by Gasteiger charge is -2.15. The van der Waals surface area contributed by atoms with Crippen molar-refractivity contribution < 1.29 is 9.18 Å². The quantitative estimate of drug-likeness (QED) is 0.709. The monoisotopic (exact) mass is 347 g/mol. The van der Waals surface area contributed by atoms with Gasteiger partial charge in [0.15, 0.2) is 0 Å². The fourth-order valence-corrected chi connectivity index (χ4v) is 2.85. The van der Waals surface area contributed by atoms with Crippen molar-refractivity contribution in [1.82, 2.24) is 20.4 Å². The summed E-state index contributed by atoms with van der Waals surface area (Å²) in [6, 6.07) is 6.10. The van der Waals surface area contributed by atoms with Gasteiger partial charge in [0.1, 0.15) is 11.6 Å². The molecule has 1 amide bonds. The third-order valence-corrected chi connectivity index (χ3v) is 3.92. The average molecular weight is 347 g/mol. The lowest BCUT2D eigenvalue weighted by Crippen LogP contribution is -2.32. The molecule has 0 bridgehead atoms. The molecule has 1 aromatic heterocycles. The fourth-order valence-electron chi connectivity index (χ4n) is 2.85. The van der Waals surface area contributed by atoms with Crippen LogP contribution in [0.2, 0.25) is 0 Å². The number of halogens is 1. The highest BCUT2D eigenvalue weighted by molar-refractivity contribution is 5.78. The molecule has 0 fully saturated rings. The van der Waals surface area contributed by atoms with E-state index in [1.54, 1.807) is 12.1 Å². The summed E-state index contributed by atoms with van der Waals surface area (Å²) in [5, 5.41) is 10.6. The molecular weight excluding hydrogens is 321 g/mol. The second kappa shape index (κ2) is 8.62. The van der Waals surface area contributed by atoms with Crippen LogP contribution in [0, 0.1) is 12.7 Å². The third-order valence-electron chi connectivity index (χ3n) is 3.92. The number of carbonyl (C=O) groups is 1. The van der Waals surface area contributed by atoms with Crippen LogP contribution in [0.1, 0.15) is 16.8 Å². The van der Waals surface area contributed by atoms with Crippen molar-refractivity contribution in [1.29, 1.82) is 0 Å². The van der Waals surface area contributed by atoms with Crippen LogP contribution in [0.5, 0.6) is 0 Å². The predicted molar refractivity (Wildman–Crippen MR) is 97.1 cm³/mol. The SMILES string of the molecule is Cc1nn(C)c(N(C)C)c1CNCCNC(=O)Cc1cccc(F)c1.